The first kappa shape index (κ1) is 24.8. The van der Waals surface area contributed by atoms with Crippen LogP contribution >= 0.6 is 0 Å². The van der Waals surface area contributed by atoms with E-state index in [4.69, 9.17) is 0 Å². The second-order valence-corrected chi connectivity index (χ2v) is 10.9. The Kier molecular flexibility index (Phi) is 6.88. The lowest BCUT2D eigenvalue weighted by molar-refractivity contribution is -0.117. The first-order valence-electron chi connectivity index (χ1n) is 12.0. The van der Waals surface area contributed by atoms with E-state index in [1.165, 1.54) is 28.6 Å². The van der Waals surface area contributed by atoms with E-state index in [0.29, 0.717) is 37.6 Å². The predicted molar refractivity (Wildman–Crippen MR) is 141 cm³/mol. The molecule has 0 spiro atoms. The zero-order valence-electron chi connectivity index (χ0n) is 20.3. The van der Waals surface area contributed by atoms with Gasteiger partial charge in [0, 0.05) is 42.9 Å². The third kappa shape index (κ3) is 5.17. The number of benzene rings is 3. The molecule has 0 bridgehead atoms. The Hall–Kier alpha value is -3.86. The van der Waals surface area contributed by atoms with Gasteiger partial charge in [-0.05, 0) is 31.3 Å². The van der Waals surface area contributed by atoms with Gasteiger partial charge in [0.05, 0.1) is 16.3 Å². The number of nitrogens with one attached hydrogen (secondary N) is 2. The molecule has 2 amide bonds. The second kappa shape index (κ2) is 10.3. The van der Waals surface area contributed by atoms with Gasteiger partial charge >= 0.3 is 0 Å². The van der Waals surface area contributed by atoms with Gasteiger partial charge in [0.25, 0.3) is 11.8 Å². The lowest BCUT2D eigenvalue weighted by Gasteiger charge is -2.31. The molecule has 2 aliphatic heterocycles. The lowest BCUT2D eigenvalue weighted by Crippen LogP contribution is -2.47. The molecule has 0 radical (unpaired) electrons. The number of likely N-dealkylation sites (N-methyl/N-ethyl adjacent to an activating group) is 1. The van der Waals surface area contributed by atoms with Crippen LogP contribution in [0.15, 0.2) is 88.8 Å². The topological polar surface area (TPSA) is 111 Å². The van der Waals surface area contributed by atoms with Crippen molar-refractivity contribution in [3.05, 3.63) is 95.6 Å². The molecule has 190 valence electrons. The zero-order chi connectivity index (χ0) is 26.0. The van der Waals surface area contributed by atoms with Crippen molar-refractivity contribution in [1.82, 2.24) is 14.5 Å². The van der Waals surface area contributed by atoms with E-state index in [1.54, 1.807) is 6.07 Å². The fraction of sp³-hybridized carbons (Fsp3) is 0.222. The molecule has 0 aromatic heterocycles. The molecular formula is C27H27N5O4S. The Labute approximate surface area is 215 Å². The fourth-order valence-corrected chi connectivity index (χ4v) is 5.83. The summed E-state index contributed by atoms with van der Waals surface area (Å²) in [4.78, 5) is 33.0. The number of carbonyl (C=O) groups excluding carboxylic acids is 2. The number of fused-ring (bicyclic) bond motifs is 1. The van der Waals surface area contributed by atoms with Crippen molar-refractivity contribution in [2.45, 2.75) is 11.1 Å². The van der Waals surface area contributed by atoms with Crippen molar-refractivity contribution in [2.24, 2.45) is 4.99 Å². The van der Waals surface area contributed by atoms with Gasteiger partial charge in [0.15, 0.2) is 0 Å². The van der Waals surface area contributed by atoms with Crippen LogP contribution in [0.1, 0.15) is 21.5 Å². The number of anilines is 1. The number of benzodiazepines with no additional fused rings is 1. The fourth-order valence-electron chi connectivity index (χ4n) is 4.36. The molecule has 2 heterocycles. The van der Waals surface area contributed by atoms with Crippen molar-refractivity contribution in [3.63, 3.8) is 0 Å². The number of para-hydroxylation sites is 1. The first-order valence-corrected chi connectivity index (χ1v) is 13.4. The van der Waals surface area contributed by atoms with E-state index in [1.807, 2.05) is 55.6 Å². The monoisotopic (exact) mass is 517 g/mol. The minimum absolute atomic E-state index is 0.0379. The predicted octanol–water partition coefficient (Wildman–Crippen LogP) is 2.17. The Balaban J connectivity index is 1.43. The van der Waals surface area contributed by atoms with Gasteiger partial charge in [0.2, 0.25) is 16.2 Å². The average Bonchev–Trinajstić information content (AvgIpc) is 3.05. The molecule has 1 atom stereocenters. The molecule has 9 nitrogen and oxygen atoms in total. The molecule has 2 aliphatic rings. The summed E-state index contributed by atoms with van der Waals surface area (Å²) in [5.41, 5.74) is 2.81. The van der Waals surface area contributed by atoms with Crippen LogP contribution in [0.4, 0.5) is 5.69 Å². The highest BCUT2D eigenvalue weighted by Crippen LogP contribution is 2.24. The van der Waals surface area contributed by atoms with Crippen LogP contribution in [-0.4, -0.2) is 74.5 Å². The number of hydrogen-bond acceptors (Lipinski definition) is 6. The highest BCUT2D eigenvalue weighted by molar-refractivity contribution is 7.89. The van der Waals surface area contributed by atoms with Crippen LogP contribution < -0.4 is 10.6 Å². The highest BCUT2D eigenvalue weighted by Gasteiger charge is 2.30. The minimum Gasteiger partial charge on any atom is -0.322 e. The largest absolute Gasteiger partial charge is 0.322 e. The Morgan fingerprint density at radius 3 is 2.41 bits per heavy atom. The van der Waals surface area contributed by atoms with Gasteiger partial charge in [-0.25, -0.2) is 13.4 Å². The Morgan fingerprint density at radius 1 is 0.946 bits per heavy atom. The summed E-state index contributed by atoms with van der Waals surface area (Å²) >= 11 is 0. The summed E-state index contributed by atoms with van der Waals surface area (Å²) in [7, 11) is -1.81. The number of nitrogens with zero attached hydrogens (tertiary/aromatic N) is 3. The summed E-state index contributed by atoms with van der Waals surface area (Å²) in [6.45, 7) is 2.05. The standard InChI is InChI=1S/C27H27N5O4S/c1-31-14-16-32(17-15-31)37(35,36)21-11-7-10-20(18-21)26(33)30-25-27(34)28-23-13-6-5-12-22(23)24(29-25)19-8-3-2-4-9-19/h2-13,18,25H,14-17H2,1H3,(H,28,34)(H,30,33)/t25-/m1/s1. The zero-order valence-corrected chi connectivity index (χ0v) is 21.1. The molecule has 10 heteroatoms. The smallest absolute Gasteiger partial charge is 0.269 e. The summed E-state index contributed by atoms with van der Waals surface area (Å²) < 4.78 is 27.8. The second-order valence-electron chi connectivity index (χ2n) is 8.99. The number of amides is 2. The molecule has 3 aromatic carbocycles. The third-order valence-corrected chi connectivity index (χ3v) is 8.35. The average molecular weight is 518 g/mol. The van der Waals surface area contributed by atoms with E-state index in [2.05, 4.69) is 20.5 Å². The van der Waals surface area contributed by atoms with Crippen molar-refractivity contribution < 1.29 is 18.0 Å². The number of piperazine rings is 1. The molecule has 0 unspecified atom stereocenters. The van der Waals surface area contributed by atoms with Crippen molar-refractivity contribution in [2.75, 3.05) is 38.5 Å². The maximum absolute atomic E-state index is 13.2. The third-order valence-electron chi connectivity index (χ3n) is 6.46. The van der Waals surface area contributed by atoms with Gasteiger partial charge in [0.1, 0.15) is 0 Å². The molecule has 0 aliphatic carbocycles. The Bertz CT molecular complexity index is 1460. The van der Waals surface area contributed by atoms with Crippen LogP contribution in [-0.2, 0) is 14.8 Å². The van der Waals surface area contributed by atoms with E-state index >= 15 is 0 Å². The highest BCUT2D eigenvalue weighted by atomic mass is 32.2. The van der Waals surface area contributed by atoms with E-state index in [9.17, 15) is 18.0 Å². The van der Waals surface area contributed by atoms with Gasteiger partial charge in [-0.15, -0.1) is 0 Å². The number of sulfonamides is 1. The van der Waals surface area contributed by atoms with Gasteiger partial charge in [-0.2, -0.15) is 4.31 Å². The quantitative estimate of drug-likeness (QED) is 0.539. The summed E-state index contributed by atoms with van der Waals surface area (Å²) in [6, 6.07) is 22.6. The normalized spacial score (nSPS) is 18.8. The molecule has 37 heavy (non-hydrogen) atoms. The van der Waals surface area contributed by atoms with Gasteiger partial charge in [-0.3, -0.25) is 9.59 Å². The molecule has 2 N–H and O–H groups in total. The van der Waals surface area contributed by atoms with Crippen LogP contribution in [0.25, 0.3) is 0 Å². The van der Waals surface area contributed by atoms with E-state index < -0.39 is 28.0 Å². The lowest BCUT2D eigenvalue weighted by atomic mass is 10.0. The van der Waals surface area contributed by atoms with E-state index in [0.717, 1.165) is 11.1 Å². The number of rotatable bonds is 5. The number of aliphatic imine (C=N–C) groups is 1. The summed E-state index contributed by atoms with van der Waals surface area (Å²) in [5, 5.41) is 5.51. The maximum Gasteiger partial charge on any atom is 0.269 e. The molecular weight excluding hydrogens is 490 g/mol. The number of carbonyl (C=O) groups is 2. The first-order chi connectivity index (χ1) is 17.8. The molecule has 1 fully saturated rings. The van der Waals surface area contributed by atoms with Crippen molar-refractivity contribution in [3.8, 4) is 0 Å². The van der Waals surface area contributed by atoms with Crippen LogP contribution in [0, 0.1) is 0 Å². The Morgan fingerprint density at radius 2 is 1.65 bits per heavy atom. The minimum atomic E-state index is -3.75. The molecule has 1 saturated heterocycles. The van der Waals surface area contributed by atoms with Gasteiger partial charge in [-0.1, -0.05) is 54.6 Å². The summed E-state index contributed by atoms with van der Waals surface area (Å²) in [5.74, 6) is -1.09. The number of hydrogen-bond donors (Lipinski definition) is 2. The van der Waals surface area contributed by atoms with Crippen molar-refractivity contribution >= 4 is 33.2 Å². The molecule has 0 saturated carbocycles. The van der Waals surface area contributed by atoms with Crippen LogP contribution in [0.2, 0.25) is 0 Å². The molecule has 3 aromatic rings. The van der Waals surface area contributed by atoms with Crippen molar-refractivity contribution in [1.29, 1.82) is 0 Å². The van der Waals surface area contributed by atoms with Crippen LogP contribution in [0.5, 0.6) is 0 Å². The van der Waals surface area contributed by atoms with Gasteiger partial charge < -0.3 is 15.5 Å². The van der Waals surface area contributed by atoms with E-state index in [-0.39, 0.29) is 10.5 Å². The van der Waals surface area contributed by atoms with Crippen LogP contribution in [0.3, 0.4) is 0 Å². The maximum atomic E-state index is 13.2. The summed E-state index contributed by atoms with van der Waals surface area (Å²) in [6.07, 6.45) is -1.21. The molecule has 5 rings (SSSR count). The SMILES string of the molecule is CN1CCN(S(=O)(=O)c2cccc(C(=O)N[C@H]3N=C(c4ccccc4)c4ccccc4NC3=O)c2)CC1.